The maximum absolute atomic E-state index is 13.0. The number of hydrogen-bond acceptors (Lipinski definition) is 4. The van der Waals surface area contributed by atoms with Crippen LogP contribution in [-0.4, -0.2) is 24.2 Å². The van der Waals surface area contributed by atoms with E-state index in [9.17, 15) is 14.7 Å². The summed E-state index contributed by atoms with van der Waals surface area (Å²) in [6.45, 7) is 3.73. The fourth-order valence-corrected chi connectivity index (χ4v) is 3.15. The van der Waals surface area contributed by atoms with Crippen molar-refractivity contribution < 1.29 is 19.4 Å². The van der Waals surface area contributed by atoms with Crippen molar-refractivity contribution in [1.82, 2.24) is 10.6 Å². The average Bonchev–Trinajstić information content (AvgIpc) is 2.67. The molecule has 3 amide bonds. The van der Waals surface area contributed by atoms with Crippen molar-refractivity contribution in [3.05, 3.63) is 64.9 Å². The molecule has 1 atom stereocenters. The summed E-state index contributed by atoms with van der Waals surface area (Å²) in [6.07, 6.45) is 0.914. The molecule has 28 heavy (non-hydrogen) atoms. The Morgan fingerprint density at radius 3 is 2.54 bits per heavy atom. The fraction of sp³-hybridized carbons (Fsp3) is 0.238. The average molecular weight is 381 g/mol. The predicted molar refractivity (Wildman–Crippen MR) is 106 cm³/mol. The predicted octanol–water partition coefficient (Wildman–Crippen LogP) is 3.23. The van der Waals surface area contributed by atoms with Crippen LogP contribution in [0.5, 0.6) is 11.5 Å². The van der Waals surface area contributed by atoms with Crippen LogP contribution in [-0.2, 0) is 11.2 Å². The van der Waals surface area contributed by atoms with E-state index in [2.05, 4.69) is 22.9 Å². The van der Waals surface area contributed by atoms with E-state index in [1.54, 1.807) is 19.1 Å². The van der Waals surface area contributed by atoms with E-state index < -0.39 is 12.1 Å². The van der Waals surface area contributed by atoms with E-state index >= 15 is 0 Å². The van der Waals surface area contributed by atoms with Crippen LogP contribution in [0, 0.1) is 0 Å². The quantitative estimate of drug-likeness (QED) is 0.639. The van der Waals surface area contributed by atoms with Gasteiger partial charge in [0.2, 0.25) is 0 Å². The Morgan fingerprint density at radius 2 is 1.93 bits per heavy atom. The first-order valence-electron chi connectivity index (χ1n) is 8.98. The molecule has 1 aliphatic heterocycles. The molecule has 0 fully saturated rings. The summed E-state index contributed by atoms with van der Waals surface area (Å²) in [6, 6.07) is 11.2. The highest BCUT2D eigenvalue weighted by molar-refractivity contribution is 6.06. The first-order valence-corrected chi connectivity index (χ1v) is 8.98. The second-order valence-corrected chi connectivity index (χ2v) is 6.51. The van der Waals surface area contributed by atoms with Crippen LogP contribution in [0.3, 0.4) is 0 Å². The molecule has 0 saturated carbocycles. The Labute approximate surface area is 163 Å². The minimum absolute atomic E-state index is 0.0691. The summed E-state index contributed by atoms with van der Waals surface area (Å²) in [4.78, 5) is 25.0. The third-order valence-corrected chi connectivity index (χ3v) is 4.67. The van der Waals surface area contributed by atoms with Gasteiger partial charge in [0.05, 0.1) is 18.7 Å². The Bertz CT molecular complexity index is 935. The van der Waals surface area contributed by atoms with Crippen LogP contribution >= 0.6 is 0 Å². The van der Waals surface area contributed by atoms with Crippen LogP contribution in [0.25, 0.3) is 0 Å². The van der Waals surface area contributed by atoms with E-state index in [-0.39, 0.29) is 11.7 Å². The molecule has 3 rings (SSSR count). The van der Waals surface area contributed by atoms with Gasteiger partial charge in [-0.1, -0.05) is 25.1 Å². The molecule has 0 unspecified atom stereocenters. The van der Waals surface area contributed by atoms with Gasteiger partial charge in [-0.2, -0.15) is 0 Å². The molecule has 7 nitrogen and oxygen atoms in total. The highest BCUT2D eigenvalue weighted by atomic mass is 16.5. The van der Waals surface area contributed by atoms with E-state index in [0.717, 1.165) is 6.42 Å². The zero-order valence-corrected chi connectivity index (χ0v) is 16.0. The summed E-state index contributed by atoms with van der Waals surface area (Å²) in [5, 5.41) is 18.3. The summed E-state index contributed by atoms with van der Waals surface area (Å²) in [5.41, 5.74) is 3.22. The SMILES string of the molecule is CCc1ccc(NC(=O)C2=C(C)NC(=O)N[C@@H]2c2ccc(OC)c(O)c2)cc1. The number of phenolic OH excluding ortho intramolecular Hbond substituents is 1. The molecular formula is C21H23N3O4. The van der Waals surface area contributed by atoms with Gasteiger partial charge in [-0.05, 0) is 48.7 Å². The molecule has 7 heteroatoms. The molecule has 0 aromatic heterocycles. The van der Waals surface area contributed by atoms with E-state index in [4.69, 9.17) is 4.74 Å². The van der Waals surface area contributed by atoms with Crippen molar-refractivity contribution in [2.75, 3.05) is 12.4 Å². The Kier molecular flexibility index (Phi) is 5.54. The standard InChI is InChI=1S/C21H23N3O4/c1-4-13-5-8-15(9-6-13)23-20(26)18-12(2)22-21(27)24-19(18)14-7-10-17(28-3)16(25)11-14/h5-11,19,25H,4H2,1-3H3,(H,23,26)(H2,22,24,27)/t19-/m1/s1. The number of rotatable bonds is 5. The number of nitrogens with one attached hydrogen (secondary N) is 3. The number of carbonyl (C=O) groups is 2. The number of urea groups is 1. The molecule has 1 heterocycles. The summed E-state index contributed by atoms with van der Waals surface area (Å²) >= 11 is 0. The zero-order valence-electron chi connectivity index (χ0n) is 16.0. The largest absolute Gasteiger partial charge is 0.504 e. The third kappa shape index (κ3) is 3.93. The Morgan fingerprint density at radius 1 is 1.21 bits per heavy atom. The van der Waals surface area contributed by atoms with Crippen LogP contribution < -0.4 is 20.7 Å². The number of carbonyl (C=O) groups excluding carboxylic acids is 2. The number of methoxy groups -OCH3 is 1. The van der Waals surface area contributed by atoms with Crippen molar-refractivity contribution in [2.24, 2.45) is 0 Å². The third-order valence-electron chi connectivity index (χ3n) is 4.67. The van der Waals surface area contributed by atoms with Gasteiger partial charge < -0.3 is 25.8 Å². The first-order chi connectivity index (χ1) is 13.4. The highest BCUT2D eigenvalue weighted by Crippen LogP contribution is 2.33. The number of allylic oxidation sites excluding steroid dienone is 1. The second-order valence-electron chi connectivity index (χ2n) is 6.51. The van der Waals surface area contributed by atoms with Gasteiger partial charge >= 0.3 is 6.03 Å². The van der Waals surface area contributed by atoms with Gasteiger partial charge in [0.25, 0.3) is 5.91 Å². The van der Waals surface area contributed by atoms with E-state index in [1.807, 2.05) is 24.3 Å². The molecular weight excluding hydrogens is 358 g/mol. The zero-order chi connectivity index (χ0) is 20.3. The van der Waals surface area contributed by atoms with Crippen LogP contribution in [0.4, 0.5) is 10.5 Å². The van der Waals surface area contributed by atoms with E-state index in [1.165, 1.54) is 18.7 Å². The lowest BCUT2D eigenvalue weighted by molar-refractivity contribution is -0.113. The smallest absolute Gasteiger partial charge is 0.319 e. The van der Waals surface area contributed by atoms with Crippen molar-refractivity contribution in [3.8, 4) is 11.5 Å². The lowest BCUT2D eigenvalue weighted by Crippen LogP contribution is -2.45. The molecule has 146 valence electrons. The normalized spacial score (nSPS) is 16.2. The number of ether oxygens (including phenoxy) is 1. The minimum atomic E-state index is -0.708. The second kappa shape index (κ2) is 8.04. The Balaban J connectivity index is 1.92. The number of amides is 3. The first kappa shape index (κ1) is 19.3. The van der Waals surface area contributed by atoms with Gasteiger partial charge in [0.1, 0.15) is 0 Å². The summed E-state index contributed by atoms with van der Waals surface area (Å²) in [5.74, 6) is -0.0957. The maximum atomic E-state index is 13.0. The van der Waals surface area contributed by atoms with Gasteiger partial charge in [-0.15, -0.1) is 0 Å². The molecule has 0 bridgehead atoms. The number of phenols is 1. The molecule has 2 aromatic carbocycles. The summed E-state index contributed by atoms with van der Waals surface area (Å²) in [7, 11) is 1.45. The molecule has 4 N–H and O–H groups in total. The molecule has 0 saturated heterocycles. The van der Waals surface area contributed by atoms with Crippen LogP contribution in [0.1, 0.15) is 31.0 Å². The number of hydrogen-bond donors (Lipinski definition) is 4. The number of aryl methyl sites for hydroxylation is 1. The summed E-state index contributed by atoms with van der Waals surface area (Å²) < 4.78 is 5.06. The van der Waals surface area contributed by atoms with Gasteiger partial charge in [-0.3, -0.25) is 4.79 Å². The lowest BCUT2D eigenvalue weighted by atomic mass is 9.94. The van der Waals surface area contributed by atoms with Crippen LogP contribution in [0.2, 0.25) is 0 Å². The van der Waals surface area contributed by atoms with Gasteiger partial charge in [0, 0.05) is 11.4 Å². The maximum Gasteiger partial charge on any atom is 0.319 e. The molecule has 0 spiro atoms. The van der Waals surface area contributed by atoms with Crippen molar-refractivity contribution in [2.45, 2.75) is 26.3 Å². The molecule has 2 aromatic rings. The van der Waals surface area contributed by atoms with Gasteiger partial charge in [-0.25, -0.2) is 4.79 Å². The van der Waals surface area contributed by atoms with Gasteiger partial charge in [0.15, 0.2) is 11.5 Å². The number of anilines is 1. The Hall–Kier alpha value is -3.48. The monoisotopic (exact) mass is 381 g/mol. The molecule has 0 aliphatic carbocycles. The van der Waals surface area contributed by atoms with Crippen molar-refractivity contribution in [3.63, 3.8) is 0 Å². The van der Waals surface area contributed by atoms with Crippen LogP contribution in [0.15, 0.2) is 53.7 Å². The van der Waals surface area contributed by atoms with Crippen molar-refractivity contribution in [1.29, 1.82) is 0 Å². The molecule has 1 aliphatic rings. The highest BCUT2D eigenvalue weighted by Gasteiger charge is 2.31. The lowest BCUT2D eigenvalue weighted by Gasteiger charge is -2.29. The fourth-order valence-electron chi connectivity index (χ4n) is 3.15. The number of aromatic hydroxyl groups is 1. The molecule has 0 radical (unpaired) electrons. The van der Waals surface area contributed by atoms with E-state index in [0.29, 0.717) is 28.3 Å². The van der Waals surface area contributed by atoms with Crippen molar-refractivity contribution >= 4 is 17.6 Å². The minimum Gasteiger partial charge on any atom is -0.504 e. The topological polar surface area (TPSA) is 99.7 Å². The number of benzene rings is 2.